The molecular formula is C12H13N3O2S. The highest BCUT2D eigenvalue weighted by atomic mass is 32.1. The Bertz CT molecular complexity index is 513. The molecule has 2 aromatic heterocycles. The van der Waals surface area contributed by atoms with Crippen molar-refractivity contribution in [2.75, 3.05) is 7.11 Å². The molecule has 94 valence electrons. The van der Waals surface area contributed by atoms with E-state index in [0.29, 0.717) is 12.8 Å². The van der Waals surface area contributed by atoms with Crippen molar-refractivity contribution in [2.24, 2.45) is 0 Å². The van der Waals surface area contributed by atoms with Crippen LogP contribution in [0.3, 0.4) is 0 Å². The van der Waals surface area contributed by atoms with Gasteiger partial charge in [0.05, 0.1) is 12.8 Å². The molecule has 0 aliphatic rings. The van der Waals surface area contributed by atoms with Crippen LogP contribution in [-0.2, 0) is 16.1 Å². The fourth-order valence-corrected chi connectivity index (χ4v) is 2.30. The molecule has 0 fully saturated rings. The normalized spacial score (nSPS) is 10.3. The van der Waals surface area contributed by atoms with Gasteiger partial charge in [-0.2, -0.15) is 0 Å². The quantitative estimate of drug-likeness (QED) is 0.836. The Morgan fingerprint density at radius 1 is 1.56 bits per heavy atom. The van der Waals surface area contributed by atoms with E-state index in [1.807, 2.05) is 17.5 Å². The number of amides is 1. The number of hydrogen-bond donors (Lipinski definition) is 1. The summed E-state index contributed by atoms with van der Waals surface area (Å²) < 4.78 is 0. The number of hydrogen-bond acceptors (Lipinski definition) is 5. The van der Waals surface area contributed by atoms with E-state index in [4.69, 9.17) is 0 Å². The molecule has 0 aliphatic heterocycles. The van der Waals surface area contributed by atoms with Gasteiger partial charge in [0.1, 0.15) is 5.01 Å². The molecule has 2 aromatic rings. The zero-order valence-corrected chi connectivity index (χ0v) is 10.7. The number of nitrogens with one attached hydrogen (secondary N) is 1. The predicted octanol–water partition coefficient (Wildman–Crippen LogP) is 1.82. The van der Waals surface area contributed by atoms with Crippen molar-refractivity contribution in [3.8, 4) is 10.6 Å². The van der Waals surface area contributed by atoms with Crippen LogP contribution in [0.25, 0.3) is 10.6 Å². The van der Waals surface area contributed by atoms with Crippen LogP contribution in [0.5, 0.6) is 0 Å². The van der Waals surface area contributed by atoms with Crippen LogP contribution >= 0.6 is 11.3 Å². The van der Waals surface area contributed by atoms with Crippen molar-refractivity contribution in [1.82, 2.24) is 15.4 Å². The molecule has 2 rings (SSSR count). The average Bonchev–Trinajstić information content (AvgIpc) is 2.87. The highest BCUT2D eigenvalue weighted by Crippen LogP contribution is 2.22. The molecule has 0 saturated carbocycles. The van der Waals surface area contributed by atoms with Crippen LogP contribution in [0, 0.1) is 0 Å². The van der Waals surface area contributed by atoms with Gasteiger partial charge in [0.15, 0.2) is 0 Å². The van der Waals surface area contributed by atoms with Gasteiger partial charge in [0, 0.05) is 29.8 Å². The summed E-state index contributed by atoms with van der Waals surface area (Å²) in [4.78, 5) is 24.3. The smallest absolute Gasteiger partial charge is 0.243 e. The van der Waals surface area contributed by atoms with Gasteiger partial charge in [0.2, 0.25) is 5.91 Å². The van der Waals surface area contributed by atoms with Gasteiger partial charge in [-0.05, 0) is 18.6 Å². The number of pyridine rings is 1. The second-order valence-electron chi connectivity index (χ2n) is 3.62. The van der Waals surface area contributed by atoms with Crippen LogP contribution in [0.1, 0.15) is 12.1 Å². The molecule has 1 N–H and O–H groups in total. The number of aromatic nitrogens is 2. The second kappa shape index (κ2) is 6.23. The lowest BCUT2D eigenvalue weighted by atomic mass is 10.2. The molecule has 0 aromatic carbocycles. The summed E-state index contributed by atoms with van der Waals surface area (Å²) in [5.41, 5.74) is 4.18. The van der Waals surface area contributed by atoms with Crippen LogP contribution in [0.2, 0.25) is 0 Å². The highest BCUT2D eigenvalue weighted by molar-refractivity contribution is 7.13. The Balaban J connectivity index is 1.97. The lowest BCUT2D eigenvalue weighted by Crippen LogP contribution is -2.21. The molecular weight excluding hydrogens is 250 g/mol. The third kappa shape index (κ3) is 3.35. The van der Waals surface area contributed by atoms with E-state index < -0.39 is 0 Å². The molecule has 1 amide bonds. The second-order valence-corrected chi connectivity index (χ2v) is 4.47. The maximum absolute atomic E-state index is 11.2. The first-order chi connectivity index (χ1) is 8.79. The van der Waals surface area contributed by atoms with E-state index in [2.05, 4.69) is 20.3 Å². The first-order valence-electron chi connectivity index (χ1n) is 5.46. The number of aryl methyl sites for hydroxylation is 1. The Morgan fingerprint density at radius 2 is 2.44 bits per heavy atom. The topological polar surface area (TPSA) is 64.1 Å². The summed E-state index contributed by atoms with van der Waals surface area (Å²) in [6.07, 6.45) is 4.48. The molecule has 2 heterocycles. The Labute approximate surface area is 109 Å². The Kier molecular flexibility index (Phi) is 4.38. The van der Waals surface area contributed by atoms with E-state index in [1.54, 1.807) is 23.7 Å². The van der Waals surface area contributed by atoms with Crippen LogP contribution in [0.4, 0.5) is 0 Å². The number of nitrogens with zero attached hydrogens (tertiary/aromatic N) is 2. The number of rotatable bonds is 5. The fourth-order valence-electron chi connectivity index (χ4n) is 1.45. The third-order valence-electron chi connectivity index (χ3n) is 2.28. The summed E-state index contributed by atoms with van der Waals surface area (Å²) in [5, 5.41) is 2.88. The minimum absolute atomic E-state index is 0.145. The number of thiazole rings is 1. The van der Waals surface area contributed by atoms with Crippen molar-refractivity contribution in [3.63, 3.8) is 0 Å². The van der Waals surface area contributed by atoms with E-state index in [-0.39, 0.29) is 5.91 Å². The van der Waals surface area contributed by atoms with E-state index in [9.17, 15) is 4.79 Å². The largest absolute Gasteiger partial charge is 0.277 e. The zero-order valence-electron chi connectivity index (χ0n) is 9.92. The molecule has 0 radical (unpaired) electrons. The van der Waals surface area contributed by atoms with Crippen molar-refractivity contribution >= 4 is 17.2 Å². The first kappa shape index (κ1) is 12.7. The molecule has 0 unspecified atom stereocenters. The number of hydroxylamine groups is 1. The van der Waals surface area contributed by atoms with E-state index >= 15 is 0 Å². The van der Waals surface area contributed by atoms with Gasteiger partial charge in [-0.1, -0.05) is 0 Å². The van der Waals surface area contributed by atoms with Gasteiger partial charge in [-0.15, -0.1) is 11.3 Å². The summed E-state index contributed by atoms with van der Waals surface area (Å²) in [6, 6.07) is 3.84. The van der Waals surface area contributed by atoms with Crippen molar-refractivity contribution in [2.45, 2.75) is 12.8 Å². The lowest BCUT2D eigenvalue weighted by molar-refractivity contribution is -0.131. The zero-order chi connectivity index (χ0) is 12.8. The highest BCUT2D eigenvalue weighted by Gasteiger charge is 2.07. The minimum atomic E-state index is -0.145. The van der Waals surface area contributed by atoms with Crippen LogP contribution in [-0.4, -0.2) is 23.0 Å². The maximum atomic E-state index is 11.2. The SMILES string of the molecule is CONC(=O)CCc1csc(-c2cccnc2)n1. The molecule has 0 saturated heterocycles. The Morgan fingerprint density at radius 3 is 3.17 bits per heavy atom. The van der Waals surface area contributed by atoms with Crippen LogP contribution < -0.4 is 5.48 Å². The summed E-state index contributed by atoms with van der Waals surface area (Å²) in [7, 11) is 1.42. The van der Waals surface area contributed by atoms with Gasteiger partial charge in [-0.25, -0.2) is 10.5 Å². The van der Waals surface area contributed by atoms with Gasteiger partial charge >= 0.3 is 0 Å². The fraction of sp³-hybridized carbons (Fsp3) is 0.250. The number of carbonyl (C=O) groups is 1. The molecule has 18 heavy (non-hydrogen) atoms. The standard InChI is InChI=1S/C12H13N3O2S/c1-17-15-11(16)5-4-10-8-18-12(14-10)9-3-2-6-13-7-9/h2-3,6-8H,4-5H2,1H3,(H,15,16). The minimum Gasteiger partial charge on any atom is -0.277 e. The van der Waals surface area contributed by atoms with E-state index in [0.717, 1.165) is 16.3 Å². The molecule has 0 atom stereocenters. The summed E-state index contributed by atoms with van der Waals surface area (Å²) in [6.45, 7) is 0. The van der Waals surface area contributed by atoms with Gasteiger partial charge in [-0.3, -0.25) is 14.6 Å². The molecule has 0 aliphatic carbocycles. The lowest BCUT2D eigenvalue weighted by Gasteiger charge is -1.99. The van der Waals surface area contributed by atoms with Gasteiger partial charge in [0.25, 0.3) is 0 Å². The first-order valence-corrected chi connectivity index (χ1v) is 6.34. The molecule has 6 heteroatoms. The van der Waals surface area contributed by atoms with Crippen molar-refractivity contribution < 1.29 is 9.63 Å². The number of carbonyl (C=O) groups excluding carboxylic acids is 1. The average molecular weight is 263 g/mol. The Hall–Kier alpha value is -1.79. The molecule has 0 spiro atoms. The summed E-state index contributed by atoms with van der Waals surface area (Å²) in [5.74, 6) is -0.145. The summed E-state index contributed by atoms with van der Waals surface area (Å²) >= 11 is 1.55. The van der Waals surface area contributed by atoms with E-state index in [1.165, 1.54) is 7.11 Å². The van der Waals surface area contributed by atoms with Crippen LogP contribution in [0.15, 0.2) is 29.9 Å². The van der Waals surface area contributed by atoms with Crippen molar-refractivity contribution in [1.29, 1.82) is 0 Å². The monoisotopic (exact) mass is 263 g/mol. The molecule has 5 nitrogen and oxygen atoms in total. The van der Waals surface area contributed by atoms with Gasteiger partial charge < -0.3 is 0 Å². The predicted molar refractivity (Wildman–Crippen MR) is 68.8 cm³/mol. The molecule has 0 bridgehead atoms. The third-order valence-corrected chi connectivity index (χ3v) is 3.22. The maximum Gasteiger partial charge on any atom is 0.243 e. The van der Waals surface area contributed by atoms with Crippen molar-refractivity contribution in [3.05, 3.63) is 35.6 Å².